The van der Waals surface area contributed by atoms with Crippen molar-refractivity contribution in [3.63, 3.8) is 0 Å². The molecule has 0 heterocycles. The normalized spacial score (nSPS) is 11.9. The second-order valence-electron chi connectivity index (χ2n) is 12.4. The lowest BCUT2D eigenvalue weighted by Crippen LogP contribution is -1.98. The first kappa shape index (κ1) is 25.4. The van der Waals surface area contributed by atoms with Gasteiger partial charge in [-0.3, -0.25) is 0 Å². The molecule has 0 heteroatoms. The van der Waals surface area contributed by atoms with E-state index in [9.17, 15) is 0 Å². The summed E-state index contributed by atoms with van der Waals surface area (Å²) in [7, 11) is 0. The monoisotopic (exact) mass is 580 g/mol. The Kier molecular flexibility index (Phi) is 5.38. The topological polar surface area (TPSA) is 0 Å². The second kappa shape index (κ2) is 9.76. The van der Waals surface area contributed by atoms with Crippen molar-refractivity contribution < 1.29 is 0 Å². The van der Waals surface area contributed by atoms with Crippen LogP contribution in [0.1, 0.15) is 0 Å². The van der Waals surface area contributed by atoms with Crippen LogP contribution in [0.4, 0.5) is 0 Å². The van der Waals surface area contributed by atoms with Crippen LogP contribution in [0.3, 0.4) is 0 Å². The summed E-state index contributed by atoms with van der Waals surface area (Å²) in [6.07, 6.45) is 0. The molecule has 0 bridgehead atoms. The molecule has 0 aliphatic carbocycles. The summed E-state index contributed by atoms with van der Waals surface area (Å²) in [6.45, 7) is 0. The van der Waals surface area contributed by atoms with Gasteiger partial charge in [0.15, 0.2) is 0 Å². The van der Waals surface area contributed by atoms with Crippen molar-refractivity contribution in [2.75, 3.05) is 0 Å². The number of hydrogen-bond acceptors (Lipinski definition) is 0. The summed E-state index contributed by atoms with van der Waals surface area (Å²) in [5.41, 5.74) is 10.1. The molecule has 0 aromatic heterocycles. The quantitative estimate of drug-likeness (QED) is 0.143. The van der Waals surface area contributed by atoms with Crippen molar-refractivity contribution >= 4 is 53.9 Å². The lowest BCUT2D eigenvalue weighted by Gasteiger charge is -2.26. The van der Waals surface area contributed by atoms with Crippen LogP contribution in [-0.2, 0) is 0 Å². The molecular weight excluding hydrogens is 553 g/mol. The molecule has 0 fully saturated rings. The van der Waals surface area contributed by atoms with E-state index in [-0.39, 0.29) is 0 Å². The zero-order chi connectivity index (χ0) is 30.2. The van der Waals surface area contributed by atoms with Crippen LogP contribution >= 0.6 is 0 Å². The summed E-state index contributed by atoms with van der Waals surface area (Å²) in [5.74, 6) is 0. The zero-order valence-corrected chi connectivity index (χ0v) is 25.2. The van der Waals surface area contributed by atoms with Crippen LogP contribution in [0, 0.1) is 0 Å². The summed E-state index contributed by atoms with van der Waals surface area (Å²) in [5, 5.41) is 13.2. The molecule has 0 N–H and O–H groups in total. The van der Waals surface area contributed by atoms with Crippen LogP contribution in [0.5, 0.6) is 0 Å². The molecule has 10 aromatic rings. The zero-order valence-electron chi connectivity index (χ0n) is 25.2. The lowest BCUT2D eigenvalue weighted by atomic mass is 9.77. The average molecular weight is 581 g/mol. The van der Waals surface area contributed by atoms with Gasteiger partial charge in [-0.1, -0.05) is 158 Å². The SMILES string of the molecule is c1ccc(-c2cc3c(-c4ccccc4)c4cccc5c(-c6ccccc6)cc6c(-c7ccccc7)c7cccc2c7c3c6c54)cc1. The molecule has 0 nitrogen and oxygen atoms in total. The third kappa shape index (κ3) is 3.50. The fourth-order valence-corrected chi connectivity index (χ4v) is 8.12. The molecule has 212 valence electrons. The maximum atomic E-state index is 2.48. The van der Waals surface area contributed by atoms with Gasteiger partial charge in [-0.15, -0.1) is 0 Å². The average Bonchev–Trinajstić information content (AvgIpc) is 3.13. The predicted octanol–water partition coefficient (Wildman–Crippen LogP) is 13.0. The highest BCUT2D eigenvalue weighted by Crippen LogP contribution is 2.54. The van der Waals surface area contributed by atoms with E-state index in [0.717, 1.165) is 0 Å². The minimum atomic E-state index is 1.24. The minimum absolute atomic E-state index is 1.24. The third-order valence-electron chi connectivity index (χ3n) is 9.95. The first-order valence-electron chi connectivity index (χ1n) is 16.0. The maximum Gasteiger partial charge on any atom is -0.000696 e. The molecule has 0 saturated heterocycles. The molecule has 0 spiro atoms. The Bertz CT molecular complexity index is 2500. The van der Waals surface area contributed by atoms with Gasteiger partial charge in [0, 0.05) is 0 Å². The standard InChI is InChI=1S/C46H28/c1-5-15-29(16-6-1)37-27-39-41(31-19-9-3-10-20-31)36-26-14-24-34-38(30-17-7-2-8-18-30)28-40-42(32-21-11-4-12-22-32)35-25-13-23-33(37)43(35)45(39)46(40)44(34)36/h1-28H. The molecule has 0 aliphatic rings. The molecule has 0 atom stereocenters. The van der Waals surface area contributed by atoms with Gasteiger partial charge in [0.05, 0.1) is 0 Å². The van der Waals surface area contributed by atoms with Gasteiger partial charge in [0.1, 0.15) is 0 Å². The predicted molar refractivity (Wildman–Crippen MR) is 198 cm³/mol. The van der Waals surface area contributed by atoms with Gasteiger partial charge in [0.2, 0.25) is 0 Å². The molecule has 0 amide bonds. The van der Waals surface area contributed by atoms with E-state index in [1.807, 2.05) is 0 Å². The van der Waals surface area contributed by atoms with Crippen molar-refractivity contribution in [1.29, 1.82) is 0 Å². The van der Waals surface area contributed by atoms with Crippen molar-refractivity contribution in [2.45, 2.75) is 0 Å². The highest BCUT2D eigenvalue weighted by molar-refractivity contribution is 6.44. The van der Waals surface area contributed by atoms with E-state index >= 15 is 0 Å². The summed E-state index contributed by atoms with van der Waals surface area (Å²) in [6, 6.07) is 62.6. The number of hydrogen-bond donors (Lipinski definition) is 0. The number of rotatable bonds is 4. The van der Waals surface area contributed by atoms with Gasteiger partial charge in [-0.25, -0.2) is 0 Å². The van der Waals surface area contributed by atoms with Gasteiger partial charge in [-0.2, -0.15) is 0 Å². The molecule has 0 unspecified atom stereocenters. The van der Waals surface area contributed by atoms with E-state index in [2.05, 4.69) is 170 Å². The van der Waals surface area contributed by atoms with Gasteiger partial charge >= 0.3 is 0 Å². The fourth-order valence-electron chi connectivity index (χ4n) is 8.12. The Morgan fingerprint density at radius 1 is 0.217 bits per heavy atom. The van der Waals surface area contributed by atoms with Crippen molar-refractivity contribution in [2.24, 2.45) is 0 Å². The Morgan fingerprint density at radius 2 is 0.543 bits per heavy atom. The van der Waals surface area contributed by atoms with Crippen molar-refractivity contribution in [3.8, 4) is 44.5 Å². The van der Waals surface area contributed by atoms with Crippen molar-refractivity contribution in [1.82, 2.24) is 0 Å². The fraction of sp³-hybridized carbons (Fsp3) is 0. The minimum Gasteiger partial charge on any atom is -0.0622 e. The maximum absolute atomic E-state index is 2.48. The Morgan fingerprint density at radius 3 is 0.913 bits per heavy atom. The second-order valence-corrected chi connectivity index (χ2v) is 12.4. The molecule has 0 saturated carbocycles. The summed E-state index contributed by atoms with van der Waals surface area (Å²) in [4.78, 5) is 0. The molecular formula is C46H28. The molecule has 10 aromatic carbocycles. The third-order valence-corrected chi connectivity index (χ3v) is 9.95. The highest BCUT2D eigenvalue weighted by atomic mass is 14.3. The summed E-state index contributed by atoms with van der Waals surface area (Å²) < 4.78 is 0. The first-order chi connectivity index (χ1) is 22.9. The van der Waals surface area contributed by atoms with Crippen LogP contribution in [-0.4, -0.2) is 0 Å². The van der Waals surface area contributed by atoms with Gasteiger partial charge in [-0.05, 0) is 111 Å². The van der Waals surface area contributed by atoms with Gasteiger partial charge in [0.25, 0.3) is 0 Å². The Balaban J connectivity index is 1.55. The van der Waals surface area contributed by atoms with Crippen LogP contribution in [0.15, 0.2) is 170 Å². The van der Waals surface area contributed by atoms with Crippen LogP contribution < -0.4 is 0 Å². The smallest absolute Gasteiger partial charge is 0.000696 e. The van der Waals surface area contributed by atoms with Gasteiger partial charge < -0.3 is 0 Å². The van der Waals surface area contributed by atoms with Crippen LogP contribution in [0.2, 0.25) is 0 Å². The van der Waals surface area contributed by atoms with E-state index in [1.54, 1.807) is 0 Å². The highest BCUT2D eigenvalue weighted by Gasteiger charge is 2.26. The molecule has 46 heavy (non-hydrogen) atoms. The Labute approximate surface area is 267 Å². The van der Waals surface area contributed by atoms with E-state index in [0.29, 0.717) is 0 Å². The first-order valence-corrected chi connectivity index (χ1v) is 16.0. The largest absolute Gasteiger partial charge is 0.0622 e. The Hall–Kier alpha value is -5.98. The molecule has 10 rings (SSSR count). The van der Waals surface area contributed by atoms with Crippen molar-refractivity contribution in [3.05, 3.63) is 170 Å². The van der Waals surface area contributed by atoms with Crippen LogP contribution in [0.25, 0.3) is 98.4 Å². The summed E-state index contributed by atoms with van der Waals surface area (Å²) >= 11 is 0. The molecule has 0 radical (unpaired) electrons. The van der Waals surface area contributed by atoms with E-state index in [4.69, 9.17) is 0 Å². The lowest BCUT2D eigenvalue weighted by molar-refractivity contribution is 1.65. The van der Waals surface area contributed by atoms with E-state index < -0.39 is 0 Å². The number of benzene rings is 10. The molecule has 0 aliphatic heterocycles. The van der Waals surface area contributed by atoms with E-state index in [1.165, 1.54) is 98.4 Å².